The number of carbonyl (C=O) groups excluding carboxylic acids is 1. The maximum absolute atomic E-state index is 13.6. The van der Waals surface area contributed by atoms with Gasteiger partial charge in [0, 0.05) is 11.2 Å². The van der Waals surface area contributed by atoms with Crippen LogP contribution in [0.5, 0.6) is 11.5 Å². The van der Waals surface area contributed by atoms with Crippen molar-refractivity contribution in [3.05, 3.63) is 92.4 Å². The summed E-state index contributed by atoms with van der Waals surface area (Å²) in [5.74, 6) is 0.951. The highest BCUT2D eigenvalue weighted by molar-refractivity contribution is 6.31. The number of carbonyl (C=O) groups is 1. The molecule has 5 rings (SSSR count). The summed E-state index contributed by atoms with van der Waals surface area (Å²) in [6.45, 7) is 1.91. The smallest absolute Gasteiger partial charge is 0.296 e. The van der Waals surface area contributed by atoms with Crippen LogP contribution in [0.1, 0.15) is 33.3 Å². The third kappa shape index (κ3) is 3.32. The monoisotopic (exact) mass is 462 g/mol. The first kappa shape index (κ1) is 21.0. The zero-order chi connectivity index (χ0) is 23.3. The molecule has 0 fully saturated rings. The average molecular weight is 463 g/mol. The lowest BCUT2D eigenvalue weighted by atomic mass is 9.98. The highest BCUT2D eigenvalue weighted by Gasteiger charge is 2.44. The number of benzene rings is 2. The molecule has 166 valence electrons. The fraction of sp³-hybridized carbons (Fsp3) is 0.160. The molecule has 33 heavy (non-hydrogen) atoms. The summed E-state index contributed by atoms with van der Waals surface area (Å²) in [5.41, 5.74) is 1.77. The van der Waals surface area contributed by atoms with Gasteiger partial charge in [0.2, 0.25) is 5.76 Å². The molecule has 1 aliphatic heterocycles. The molecule has 0 saturated heterocycles. The van der Waals surface area contributed by atoms with Gasteiger partial charge in [-0.25, -0.2) is 4.98 Å². The summed E-state index contributed by atoms with van der Waals surface area (Å²) in [7, 11) is 3.07. The average Bonchev–Trinajstić information content (AvgIpc) is 3.11. The van der Waals surface area contributed by atoms with Crippen molar-refractivity contribution in [1.29, 1.82) is 0 Å². The van der Waals surface area contributed by atoms with Gasteiger partial charge in [-0.3, -0.25) is 14.5 Å². The fourth-order valence-corrected chi connectivity index (χ4v) is 4.34. The van der Waals surface area contributed by atoms with E-state index in [-0.39, 0.29) is 16.8 Å². The van der Waals surface area contributed by atoms with Crippen LogP contribution in [0.25, 0.3) is 11.0 Å². The fourth-order valence-electron chi connectivity index (χ4n) is 4.17. The summed E-state index contributed by atoms with van der Waals surface area (Å²) < 4.78 is 16.8. The molecule has 7 nitrogen and oxygen atoms in total. The number of halogens is 1. The Morgan fingerprint density at radius 1 is 1.00 bits per heavy atom. The topological polar surface area (TPSA) is 81.9 Å². The third-order valence-corrected chi connectivity index (χ3v) is 5.94. The SMILES string of the molecule is COc1ccc(C2c3c(oc4ccc(Cl)cc4c3=O)C(=O)N2c2cc(C)ccn2)cc1OC. The van der Waals surface area contributed by atoms with Crippen molar-refractivity contribution in [3.63, 3.8) is 0 Å². The number of rotatable bonds is 4. The van der Waals surface area contributed by atoms with Gasteiger partial charge in [-0.15, -0.1) is 0 Å². The Morgan fingerprint density at radius 3 is 2.52 bits per heavy atom. The molecule has 1 aliphatic rings. The van der Waals surface area contributed by atoms with E-state index in [0.29, 0.717) is 38.9 Å². The van der Waals surface area contributed by atoms with E-state index in [0.717, 1.165) is 5.56 Å². The number of methoxy groups -OCH3 is 2. The molecule has 1 atom stereocenters. The number of hydrogen-bond donors (Lipinski definition) is 0. The van der Waals surface area contributed by atoms with Crippen molar-refractivity contribution in [2.45, 2.75) is 13.0 Å². The molecule has 3 heterocycles. The number of aromatic nitrogens is 1. The lowest BCUT2D eigenvalue weighted by Gasteiger charge is -2.25. The predicted molar refractivity (Wildman–Crippen MR) is 125 cm³/mol. The van der Waals surface area contributed by atoms with Gasteiger partial charge in [0.1, 0.15) is 11.4 Å². The molecule has 0 aliphatic carbocycles. The van der Waals surface area contributed by atoms with Gasteiger partial charge < -0.3 is 13.9 Å². The van der Waals surface area contributed by atoms with E-state index in [1.807, 2.05) is 13.0 Å². The molecule has 1 amide bonds. The number of hydrogen-bond acceptors (Lipinski definition) is 6. The molecule has 0 bridgehead atoms. The van der Waals surface area contributed by atoms with E-state index in [9.17, 15) is 9.59 Å². The van der Waals surface area contributed by atoms with E-state index in [2.05, 4.69) is 4.98 Å². The molecule has 0 N–H and O–H groups in total. The van der Waals surface area contributed by atoms with Gasteiger partial charge in [0.05, 0.1) is 31.2 Å². The van der Waals surface area contributed by atoms with Crippen molar-refractivity contribution in [1.82, 2.24) is 4.98 Å². The number of fused-ring (bicyclic) bond motifs is 2. The predicted octanol–water partition coefficient (Wildman–Crippen LogP) is 4.92. The second kappa shape index (κ2) is 7.94. The van der Waals surface area contributed by atoms with E-state index in [1.165, 1.54) is 12.0 Å². The van der Waals surface area contributed by atoms with Crippen molar-refractivity contribution in [2.75, 3.05) is 19.1 Å². The van der Waals surface area contributed by atoms with Crippen LogP contribution >= 0.6 is 11.6 Å². The standard InChI is InChI=1S/C25H19ClN2O5/c1-13-8-9-27-20(10-13)28-22(14-4-6-18(31-2)19(11-14)32-3)21-23(29)16-12-15(26)5-7-17(16)33-24(21)25(28)30/h4-12,22H,1-3H3. The quantitative estimate of drug-likeness (QED) is 0.428. The van der Waals surface area contributed by atoms with E-state index in [4.69, 9.17) is 25.5 Å². The molecule has 0 saturated carbocycles. The molecule has 0 radical (unpaired) electrons. The minimum Gasteiger partial charge on any atom is -0.493 e. The molecule has 2 aromatic heterocycles. The minimum absolute atomic E-state index is 0.0158. The van der Waals surface area contributed by atoms with Crippen LogP contribution in [-0.2, 0) is 0 Å². The van der Waals surface area contributed by atoms with Crippen molar-refractivity contribution < 1.29 is 18.7 Å². The van der Waals surface area contributed by atoms with Gasteiger partial charge in [-0.2, -0.15) is 0 Å². The zero-order valence-corrected chi connectivity index (χ0v) is 18.8. The molecular formula is C25H19ClN2O5. The van der Waals surface area contributed by atoms with Crippen LogP contribution in [0, 0.1) is 6.92 Å². The number of anilines is 1. The number of amides is 1. The Bertz CT molecular complexity index is 1480. The summed E-state index contributed by atoms with van der Waals surface area (Å²) in [5, 5.41) is 0.706. The molecular weight excluding hydrogens is 444 g/mol. The van der Waals surface area contributed by atoms with Crippen molar-refractivity contribution in [3.8, 4) is 11.5 Å². The van der Waals surface area contributed by atoms with Gasteiger partial charge in [-0.05, 0) is 60.5 Å². The minimum atomic E-state index is -0.777. The van der Waals surface area contributed by atoms with Crippen LogP contribution in [0.2, 0.25) is 5.02 Å². The maximum Gasteiger partial charge on any atom is 0.296 e. The van der Waals surface area contributed by atoms with Crippen LogP contribution in [0.3, 0.4) is 0 Å². The Labute approximate surface area is 194 Å². The Balaban J connectivity index is 1.82. The first-order valence-corrected chi connectivity index (χ1v) is 10.5. The Morgan fingerprint density at radius 2 is 1.79 bits per heavy atom. The van der Waals surface area contributed by atoms with Gasteiger partial charge in [-0.1, -0.05) is 17.7 Å². The summed E-state index contributed by atoms with van der Waals surface area (Å²) >= 11 is 6.14. The molecule has 1 unspecified atom stereocenters. The number of aryl methyl sites for hydroxylation is 1. The lowest BCUT2D eigenvalue weighted by Crippen LogP contribution is -2.30. The molecule has 0 spiro atoms. The van der Waals surface area contributed by atoms with Crippen LogP contribution in [0.4, 0.5) is 5.82 Å². The summed E-state index contributed by atoms with van der Waals surface area (Å²) in [4.78, 5) is 33.1. The van der Waals surface area contributed by atoms with Crippen molar-refractivity contribution in [2.24, 2.45) is 0 Å². The molecule has 2 aromatic carbocycles. The second-order valence-electron chi connectivity index (χ2n) is 7.70. The Hall–Kier alpha value is -3.84. The van der Waals surface area contributed by atoms with Crippen molar-refractivity contribution >= 4 is 34.3 Å². The zero-order valence-electron chi connectivity index (χ0n) is 18.1. The van der Waals surface area contributed by atoms with Gasteiger partial charge in [0.25, 0.3) is 5.91 Å². The summed E-state index contributed by atoms with van der Waals surface area (Å²) in [6.07, 6.45) is 1.62. The first-order valence-electron chi connectivity index (χ1n) is 10.2. The van der Waals surface area contributed by atoms with Gasteiger partial charge in [0.15, 0.2) is 16.9 Å². The highest BCUT2D eigenvalue weighted by Crippen LogP contribution is 2.42. The third-order valence-electron chi connectivity index (χ3n) is 5.70. The molecule has 4 aromatic rings. The van der Waals surface area contributed by atoms with E-state index < -0.39 is 11.9 Å². The Kier molecular flexibility index (Phi) is 5.06. The first-order chi connectivity index (χ1) is 15.9. The van der Waals surface area contributed by atoms with Crippen LogP contribution in [-0.4, -0.2) is 25.1 Å². The maximum atomic E-state index is 13.6. The normalized spacial score (nSPS) is 15.1. The number of ether oxygens (including phenoxy) is 2. The largest absolute Gasteiger partial charge is 0.493 e. The van der Waals surface area contributed by atoms with E-state index in [1.54, 1.807) is 55.8 Å². The van der Waals surface area contributed by atoms with E-state index >= 15 is 0 Å². The molecule has 8 heteroatoms. The van der Waals surface area contributed by atoms with Crippen LogP contribution in [0.15, 0.2) is 63.9 Å². The number of nitrogens with zero attached hydrogens (tertiary/aromatic N) is 2. The summed E-state index contributed by atoms with van der Waals surface area (Å²) in [6, 6.07) is 12.9. The van der Waals surface area contributed by atoms with Crippen LogP contribution < -0.4 is 19.8 Å². The highest BCUT2D eigenvalue weighted by atomic mass is 35.5. The second-order valence-corrected chi connectivity index (χ2v) is 8.13. The lowest BCUT2D eigenvalue weighted by molar-refractivity contribution is 0.0970. The van der Waals surface area contributed by atoms with Gasteiger partial charge >= 0.3 is 0 Å². The number of pyridine rings is 1.